The summed E-state index contributed by atoms with van der Waals surface area (Å²) in [5.74, 6) is 0.0474. The maximum absolute atomic E-state index is 12.5. The minimum atomic E-state index is 0.0474. The topological polar surface area (TPSA) is 46.3 Å². The lowest BCUT2D eigenvalue weighted by Gasteiger charge is -2.26. The number of carbonyl (C=O) groups excluding carboxylic acids is 1. The van der Waals surface area contributed by atoms with Crippen LogP contribution in [0.15, 0.2) is 42.5 Å². The SMILES string of the molecule is CC(C)N(CCN)C(=O)c1ccc2ccccc2c1. The first-order valence-electron chi connectivity index (χ1n) is 6.63. The number of nitrogens with zero attached hydrogens (tertiary/aromatic N) is 1. The second-order valence-corrected chi connectivity index (χ2v) is 4.94. The Bertz CT molecular complexity index is 578. The van der Waals surface area contributed by atoms with Gasteiger partial charge in [0.1, 0.15) is 0 Å². The lowest BCUT2D eigenvalue weighted by molar-refractivity contribution is 0.0712. The highest BCUT2D eigenvalue weighted by molar-refractivity contribution is 5.98. The van der Waals surface area contributed by atoms with Gasteiger partial charge in [-0.05, 0) is 36.8 Å². The fraction of sp³-hybridized carbons (Fsp3) is 0.312. The van der Waals surface area contributed by atoms with E-state index in [9.17, 15) is 4.79 Å². The zero-order chi connectivity index (χ0) is 13.8. The minimum Gasteiger partial charge on any atom is -0.335 e. The summed E-state index contributed by atoms with van der Waals surface area (Å²) in [5, 5.41) is 2.23. The van der Waals surface area contributed by atoms with Crippen LogP contribution < -0.4 is 5.73 Å². The van der Waals surface area contributed by atoms with Crippen LogP contribution in [0.5, 0.6) is 0 Å². The second kappa shape index (κ2) is 5.85. The van der Waals surface area contributed by atoms with E-state index in [0.29, 0.717) is 13.1 Å². The van der Waals surface area contributed by atoms with Gasteiger partial charge in [-0.3, -0.25) is 4.79 Å². The predicted molar refractivity (Wildman–Crippen MR) is 79.2 cm³/mol. The van der Waals surface area contributed by atoms with E-state index < -0.39 is 0 Å². The van der Waals surface area contributed by atoms with Crippen LogP contribution in [0.2, 0.25) is 0 Å². The molecule has 0 bridgehead atoms. The molecule has 2 rings (SSSR count). The molecule has 0 aromatic heterocycles. The molecule has 0 saturated heterocycles. The number of hydrogen-bond acceptors (Lipinski definition) is 2. The molecule has 0 aliphatic heterocycles. The molecule has 3 heteroatoms. The average molecular weight is 256 g/mol. The third-order valence-corrected chi connectivity index (χ3v) is 3.25. The van der Waals surface area contributed by atoms with Gasteiger partial charge in [0.25, 0.3) is 5.91 Å². The number of benzene rings is 2. The standard InChI is InChI=1S/C16H20N2O/c1-12(2)18(10-9-17)16(19)15-8-7-13-5-3-4-6-14(13)11-15/h3-8,11-12H,9-10,17H2,1-2H3. The summed E-state index contributed by atoms with van der Waals surface area (Å²) >= 11 is 0. The summed E-state index contributed by atoms with van der Waals surface area (Å²) in [7, 11) is 0. The van der Waals surface area contributed by atoms with E-state index in [0.717, 1.165) is 16.3 Å². The molecular formula is C16H20N2O. The van der Waals surface area contributed by atoms with Crippen LogP contribution in [0.1, 0.15) is 24.2 Å². The normalized spacial score (nSPS) is 10.9. The summed E-state index contributed by atoms with van der Waals surface area (Å²) < 4.78 is 0. The fourth-order valence-electron chi connectivity index (χ4n) is 2.22. The summed E-state index contributed by atoms with van der Waals surface area (Å²) in [6, 6.07) is 14.0. The van der Waals surface area contributed by atoms with Crippen LogP contribution in [0.3, 0.4) is 0 Å². The van der Waals surface area contributed by atoms with Gasteiger partial charge in [-0.15, -0.1) is 0 Å². The molecule has 0 aliphatic rings. The molecule has 2 N–H and O–H groups in total. The monoisotopic (exact) mass is 256 g/mol. The van der Waals surface area contributed by atoms with E-state index >= 15 is 0 Å². The molecule has 19 heavy (non-hydrogen) atoms. The highest BCUT2D eigenvalue weighted by Crippen LogP contribution is 2.17. The lowest BCUT2D eigenvalue weighted by atomic mass is 10.1. The molecule has 0 unspecified atom stereocenters. The first-order chi connectivity index (χ1) is 9.13. The smallest absolute Gasteiger partial charge is 0.254 e. The first-order valence-corrected chi connectivity index (χ1v) is 6.63. The second-order valence-electron chi connectivity index (χ2n) is 4.94. The maximum Gasteiger partial charge on any atom is 0.254 e. The predicted octanol–water partition coefficient (Wildman–Crippen LogP) is 2.65. The van der Waals surface area contributed by atoms with E-state index in [2.05, 4.69) is 0 Å². The Hall–Kier alpha value is -1.87. The average Bonchev–Trinajstić information content (AvgIpc) is 2.43. The number of fused-ring (bicyclic) bond motifs is 1. The lowest BCUT2D eigenvalue weighted by Crippen LogP contribution is -2.40. The molecule has 0 saturated carbocycles. The zero-order valence-corrected chi connectivity index (χ0v) is 11.5. The van der Waals surface area contributed by atoms with E-state index in [4.69, 9.17) is 5.73 Å². The van der Waals surface area contributed by atoms with Crippen molar-refractivity contribution in [1.82, 2.24) is 4.90 Å². The molecule has 2 aromatic rings. The molecule has 0 fully saturated rings. The van der Waals surface area contributed by atoms with E-state index in [-0.39, 0.29) is 11.9 Å². The molecule has 0 heterocycles. The Morgan fingerprint density at radius 1 is 1.16 bits per heavy atom. The van der Waals surface area contributed by atoms with Crippen molar-refractivity contribution in [2.24, 2.45) is 5.73 Å². The van der Waals surface area contributed by atoms with Gasteiger partial charge in [0, 0.05) is 24.7 Å². The number of nitrogens with two attached hydrogens (primary N) is 1. The fourth-order valence-corrected chi connectivity index (χ4v) is 2.22. The van der Waals surface area contributed by atoms with Gasteiger partial charge in [0.05, 0.1) is 0 Å². The third kappa shape index (κ3) is 2.93. The van der Waals surface area contributed by atoms with Gasteiger partial charge >= 0.3 is 0 Å². The molecule has 1 amide bonds. The molecule has 3 nitrogen and oxygen atoms in total. The number of carbonyl (C=O) groups is 1. The number of rotatable bonds is 4. The quantitative estimate of drug-likeness (QED) is 0.914. The van der Waals surface area contributed by atoms with Gasteiger partial charge in [0.15, 0.2) is 0 Å². The van der Waals surface area contributed by atoms with Crippen molar-refractivity contribution < 1.29 is 4.79 Å². The van der Waals surface area contributed by atoms with Crippen molar-refractivity contribution >= 4 is 16.7 Å². The number of hydrogen-bond donors (Lipinski definition) is 1. The Morgan fingerprint density at radius 3 is 2.47 bits per heavy atom. The third-order valence-electron chi connectivity index (χ3n) is 3.25. The molecule has 2 aromatic carbocycles. The van der Waals surface area contributed by atoms with Crippen molar-refractivity contribution in [2.75, 3.05) is 13.1 Å². The van der Waals surface area contributed by atoms with Crippen LogP contribution in [0.4, 0.5) is 0 Å². The molecule has 0 atom stereocenters. The van der Waals surface area contributed by atoms with Crippen LogP contribution >= 0.6 is 0 Å². The van der Waals surface area contributed by atoms with E-state index in [1.165, 1.54) is 0 Å². The van der Waals surface area contributed by atoms with Crippen molar-refractivity contribution in [3.05, 3.63) is 48.0 Å². The van der Waals surface area contributed by atoms with Crippen molar-refractivity contribution in [2.45, 2.75) is 19.9 Å². The molecular weight excluding hydrogens is 236 g/mol. The Balaban J connectivity index is 2.34. The van der Waals surface area contributed by atoms with Crippen LogP contribution in [0.25, 0.3) is 10.8 Å². The molecule has 0 radical (unpaired) electrons. The van der Waals surface area contributed by atoms with Gasteiger partial charge < -0.3 is 10.6 Å². The summed E-state index contributed by atoms with van der Waals surface area (Å²) in [4.78, 5) is 14.3. The Morgan fingerprint density at radius 2 is 1.84 bits per heavy atom. The van der Waals surface area contributed by atoms with Gasteiger partial charge in [-0.1, -0.05) is 30.3 Å². The minimum absolute atomic E-state index is 0.0474. The number of amides is 1. The Kier molecular flexibility index (Phi) is 4.17. The van der Waals surface area contributed by atoms with Crippen LogP contribution in [-0.2, 0) is 0 Å². The van der Waals surface area contributed by atoms with Crippen molar-refractivity contribution in [3.63, 3.8) is 0 Å². The van der Waals surface area contributed by atoms with Gasteiger partial charge in [-0.25, -0.2) is 0 Å². The van der Waals surface area contributed by atoms with Crippen molar-refractivity contribution in [3.8, 4) is 0 Å². The van der Waals surface area contributed by atoms with E-state index in [1.807, 2.05) is 61.2 Å². The largest absolute Gasteiger partial charge is 0.335 e. The summed E-state index contributed by atoms with van der Waals surface area (Å²) in [5.41, 5.74) is 6.30. The summed E-state index contributed by atoms with van der Waals surface area (Å²) in [6.07, 6.45) is 0. The first kappa shape index (κ1) is 13.6. The van der Waals surface area contributed by atoms with Gasteiger partial charge in [-0.2, -0.15) is 0 Å². The van der Waals surface area contributed by atoms with Gasteiger partial charge in [0.2, 0.25) is 0 Å². The zero-order valence-electron chi connectivity index (χ0n) is 11.5. The molecule has 0 aliphatic carbocycles. The maximum atomic E-state index is 12.5. The highest BCUT2D eigenvalue weighted by Gasteiger charge is 2.17. The Labute approximate surface area is 114 Å². The van der Waals surface area contributed by atoms with Crippen LogP contribution in [0, 0.1) is 0 Å². The molecule has 100 valence electrons. The summed E-state index contributed by atoms with van der Waals surface area (Å²) in [6.45, 7) is 5.09. The molecule has 0 spiro atoms. The highest BCUT2D eigenvalue weighted by atomic mass is 16.2. The van der Waals surface area contributed by atoms with Crippen molar-refractivity contribution in [1.29, 1.82) is 0 Å². The van der Waals surface area contributed by atoms with E-state index in [1.54, 1.807) is 0 Å². The van der Waals surface area contributed by atoms with Crippen LogP contribution in [-0.4, -0.2) is 29.9 Å².